The van der Waals surface area contributed by atoms with Crippen LogP contribution in [0.15, 0.2) is 59.6 Å². The van der Waals surface area contributed by atoms with Crippen molar-refractivity contribution in [3.05, 3.63) is 77.2 Å². The maximum atomic E-state index is 14.7. The van der Waals surface area contributed by atoms with E-state index in [1.165, 1.54) is 12.1 Å². The van der Waals surface area contributed by atoms with Gasteiger partial charge in [0.1, 0.15) is 22.8 Å². The highest BCUT2D eigenvalue weighted by Gasteiger charge is 2.39. The maximum Gasteiger partial charge on any atom is 0.404 e. The maximum absolute atomic E-state index is 14.7. The van der Waals surface area contributed by atoms with Gasteiger partial charge < -0.3 is 4.57 Å². The molecule has 194 valence electrons. The minimum Gasteiger partial charge on any atom is -0.307 e. The molecule has 0 fully saturated rings. The van der Waals surface area contributed by atoms with Crippen molar-refractivity contribution in [2.24, 2.45) is 0 Å². The lowest BCUT2D eigenvalue weighted by Crippen LogP contribution is -2.42. The number of alkyl halides is 3. The number of nitrogens with one attached hydrogen (secondary N) is 1. The Morgan fingerprint density at radius 1 is 1.08 bits per heavy atom. The Kier molecular flexibility index (Phi) is 6.98. The molecule has 4 aromatic rings. The number of benzene rings is 2. The van der Waals surface area contributed by atoms with Crippen LogP contribution in [0.1, 0.15) is 30.5 Å². The summed E-state index contributed by atoms with van der Waals surface area (Å²) >= 11 is 0. The average molecular weight is 542 g/mol. The van der Waals surface area contributed by atoms with E-state index < -0.39 is 33.0 Å². The summed E-state index contributed by atoms with van der Waals surface area (Å²) < 4.78 is 81.5. The zero-order valence-electron chi connectivity index (χ0n) is 20.0. The van der Waals surface area contributed by atoms with Gasteiger partial charge in [-0.15, -0.1) is 0 Å². The van der Waals surface area contributed by atoms with Crippen molar-refractivity contribution >= 4 is 20.9 Å². The van der Waals surface area contributed by atoms with Gasteiger partial charge in [-0.25, -0.2) is 12.8 Å². The van der Waals surface area contributed by atoms with Crippen LogP contribution >= 0.6 is 0 Å². The Labute approximate surface area is 215 Å². The van der Waals surface area contributed by atoms with E-state index in [0.717, 1.165) is 12.3 Å². The molecule has 1 unspecified atom stereocenters. The molecular weight excluding hydrogens is 522 g/mol. The van der Waals surface area contributed by atoms with Crippen LogP contribution in [0.2, 0.25) is 0 Å². The molecule has 2 aromatic carbocycles. The summed E-state index contributed by atoms with van der Waals surface area (Å²) in [4.78, 5) is 3.65. The summed E-state index contributed by atoms with van der Waals surface area (Å²) in [6.45, 7) is 2.46. The first-order chi connectivity index (χ1) is 17.9. The van der Waals surface area contributed by atoms with Crippen molar-refractivity contribution < 1.29 is 26.0 Å². The number of nitrogens with zero attached hydrogens (tertiary/aromatic N) is 4. The molecule has 0 radical (unpaired) electrons. The Hall–Kier alpha value is -4.26. The van der Waals surface area contributed by atoms with Crippen LogP contribution in [0.3, 0.4) is 0 Å². The molecule has 4 rings (SSSR count). The zero-order valence-corrected chi connectivity index (χ0v) is 20.8. The summed E-state index contributed by atoms with van der Waals surface area (Å²) in [7, 11) is -4.55. The van der Waals surface area contributed by atoms with E-state index in [2.05, 4.69) is 11.1 Å². The highest BCUT2D eigenvalue weighted by Crippen LogP contribution is 2.37. The van der Waals surface area contributed by atoms with Gasteiger partial charge in [-0.2, -0.15) is 28.4 Å². The Morgan fingerprint density at radius 3 is 2.29 bits per heavy atom. The zero-order chi connectivity index (χ0) is 27.8. The van der Waals surface area contributed by atoms with E-state index in [0.29, 0.717) is 41.1 Å². The number of hydrogen-bond donors (Lipinski definition) is 1. The molecule has 12 heteroatoms. The van der Waals surface area contributed by atoms with Crippen molar-refractivity contribution in [1.29, 1.82) is 10.5 Å². The topological polar surface area (TPSA) is 112 Å². The lowest BCUT2D eigenvalue weighted by Gasteiger charge is -2.17. The molecular formula is C26H19F4N5O2S. The van der Waals surface area contributed by atoms with Crippen LogP contribution in [-0.4, -0.2) is 30.2 Å². The molecule has 2 heterocycles. The van der Waals surface area contributed by atoms with E-state index in [9.17, 15) is 31.2 Å². The lowest BCUT2D eigenvalue weighted by molar-refractivity contribution is -0.147. The van der Waals surface area contributed by atoms with E-state index in [4.69, 9.17) is 5.26 Å². The van der Waals surface area contributed by atoms with Crippen molar-refractivity contribution in [2.75, 3.05) is 0 Å². The van der Waals surface area contributed by atoms with Crippen LogP contribution in [0, 0.1) is 28.5 Å². The highest BCUT2D eigenvalue weighted by atomic mass is 32.2. The Morgan fingerprint density at radius 2 is 1.76 bits per heavy atom. The van der Waals surface area contributed by atoms with Gasteiger partial charge in [-0.3, -0.25) is 4.98 Å². The van der Waals surface area contributed by atoms with Crippen LogP contribution in [0.5, 0.6) is 0 Å². The van der Waals surface area contributed by atoms with Crippen molar-refractivity contribution in [3.63, 3.8) is 0 Å². The van der Waals surface area contributed by atoms with Gasteiger partial charge in [0.15, 0.2) is 0 Å². The third-order valence-corrected chi connectivity index (χ3v) is 7.52. The van der Waals surface area contributed by atoms with Gasteiger partial charge in [0.25, 0.3) is 0 Å². The van der Waals surface area contributed by atoms with Crippen molar-refractivity contribution in [2.45, 2.75) is 37.4 Å². The number of pyridine rings is 1. The summed E-state index contributed by atoms with van der Waals surface area (Å²) in [6.07, 6.45) is -3.51. The highest BCUT2D eigenvalue weighted by molar-refractivity contribution is 7.89. The third-order valence-electron chi connectivity index (χ3n) is 5.99. The van der Waals surface area contributed by atoms with E-state index in [-0.39, 0.29) is 17.0 Å². The molecule has 0 aliphatic heterocycles. The van der Waals surface area contributed by atoms with Gasteiger partial charge in [0.2, 0.25) is 10.0 Å². The number of aromatic nitrogens is 2. The van der Waals surface area contributed by atoms with Gasteiger partial charge >= 0.3 is 6.18 Å². The monoisotopic (exact) mass is 541 g/mol. The normalized spacial score (nSPS) is 12.7. The molecule has 0 saturated heterocycles. The second-order valence-corrected chi connectivity index (χ2v) is 10.1. The molecule has 2 aromatic heterocycles. The fraction of sp³-hybridized carbons (Fsp3) is 0.192. The van der Waals surface area contributed by atoms with Crippen LogP contribution in [0.25, 0.3) is 28.0 Å². The molecule has 0 spiro atoms. The second kappa shape index (κ2) is 9.89. The predicted octanol–water partition coefficient (Wildman–Crippen LogP) is 5.37. The summed E-state index contributed by atoms with van der Waals surface area (Å²) in [5.74, 6) is -0.501. The molecule has 0 aliphatic carbocycles. The molecule has 1 N–H and O–H groups in total. The molecule has 0 aliphatic rings. The fourth-order valence-electron chi connectivity index (χ4n) is 3.98. The minimum absolute atomic E-state index is 0.0674. The number of sulfonamides is 1. The average Bonchev–Trinajstić information content (AvgIpc) is 3.20. The molecule has 0 saturated carbocycles. The smallest absolute Gasteiger partial charge is 0.307 e. The third kappa shape index (κ3) is 4.84. The first-order valence-corrected chi connectivity index (χ1v) is 12.7. The van der Waals surface area contributed by atoms with E-state index in [1.54, 1.807) is 46.5 Å². The number of aryl methyl sites for hydroxylation is 1. The van der Waals surface area contributed by atoms with Crippen LogP contribution < -0.4 is 4.72 Å². The minimum atomic E-state index is -4.78. The second-order valence-electron chi connectivity index (χ2n) is 8.41. The van der Waals surface area contributed by atoms with Gasteiger partial charge in [-0.05, 0) is 67.4 Å². The van der Waals surface area contributed by atoms with Gasteiger partial charge in [0, 0.05) is 17.3 Å². The van der Waals surface area contributed by atoms with E-state index in [1.807, 2.05) is 6.07 Å². The molecule has 1 atom stereocenters. The Bertz CT molecular complexity index is 1710. The molecule has 0 amide bonds. The van der Waals surface area contributed by atoms with Crippen LogP contribution in [-0.2, 0) is 16.4 Å². The quantitative estimate of drug-likeness (QED) is 0.330. The molecule has 7 nitrogen and oxygen atoms in total. The van der Waals surface area contributed by atoms with Crippen LogP contribution in [0.4, 0.5) is 17.6 Å². The van der Waals surface area contributed by atoms with E-state index >= 15 is 0 Å². The van der Waals surface area contributed by atoms with Gasteiger partial charge in [0.05, 0.1) is 34.1 Å². The van der Waals surface area contributed by atoms with Gasteiger partial charge in [-0.1, -0.05) is 6.92 Å². The number of hydrogen-bond acceptors (Lipinski definition) is 5. The fourth-order valence-corrected chi connectivity index (χ4v) is 5.15. The summed E-state index contributed by atoms with van der Waals surface area (Å²) in [5, 5.41) is 19.5. The molecule has 38 heavy (non-hydrogen) atoms. The molecule has 0 bridgehead atoms. The number of fused-ring (bicyclic) bond motifs is 1. The van der Waals surface area contributed by atoms with Crippen molar-refractivity contribution in [3.8, 4) is 29.2 Å². The van der Waals surface area contributed by atoms with Crippen molar-refractivity contribution in [1.82, 2.24) is 14.3 Å². The number of nitriles is 2. The summed E-state index contributed by atoms with van der Waals surface area (Å²) in [5.41, 5.74) is 2.22. The number of halogens is 4. The predicted molar refractivity (Wildman–Crippen MR) is 131 cm³/mol. The SMILES string of the molecule is CCc1cc2c(cc1F)c(C#N)c(-c1ccc(S(=O)(=O)NC(C)C(F)(F)F)cn1)n2-c1ccc(C#N)cc1. The summed E-state index contributed by atoms with van der Waals surface area (Å²) in [6, 6.07) is 13.4. The Balaban J connectivity index is 1.93. The first kappa shape index (κ1) is 26.8. The first-order valence-electron chi connectivity index (χ1n) is 11.2. The standard InChI is InChI=1S/C26H19F4N5O2S/c1-3-17-10-24-20(11-22(17)27)21(13-32)25(35(24)18-6-4-16(12-31)5-7-18)23-9-8-19(14-33-23)38(36,37)34-15(2)26(28,29)30/h4-11,14-15,34H,3H2,1-2H3. The number of rotatable bonds is 6. The largest absolute Gasteiger partial charge is 0.404 e. The lowest BCUT2D eigenvalue weighted by atomic mass is 10.1.